The molecule has 4 nitrogen and oxygen atoms in total. The fraction of sp³-hybridized carbons (Fsp3) is 0.636. The van der Waals surface area contributed by atoms with Crippen molar-refractivity contribution in [2.24, 2.45) is 4.99 Å². The molecule has 1 atom stereocenters. The summed E-state index contributed by atoms with van der Waals surface area (Å²) in [5.41, 5.74) is 0. The van der Waals surface area contributed by atoms with Crippen molar-refractivity contribution in [2.45, 2.75) is 5.25 Å². The predicted octanol–water partition coefficient (Wildman–Crippen LogP) is 2.13. The summed E-state index contributed by atoms with van der Waals surface area (Å²) < 4.78 is 0. The van der Waals surface area contributed by atoms with Crippen LogP contribution in [-0.2, 0) is 0 Å². The summed E-state index contributed by atoms with van der Waals surface area (Å²) in [6, 6.07) is 0. The lowest BCUT2D eigenvalue weighted by molar-refractivity contribution is 0.392. The molecule has 0 amide bonds. The number of alkyl halides is 1. The molecule has 0 saturated carbocycles. The Labute approximate surface area is 124 Å². The first-order chi connectivity index (χ1) is 8.86. The third-order valence-corrected chi connectivity index (χ3v) is 6.40. The van der Waals surface area contributed by atoms with E-state index in [0.29, 0.717) is 5.25 Å². The van der Waals surface area contributed by atoms with E-state index in [0.717, 1.165) is 43.2 Å². The minimum Gasteiger partial charge on any atom is -0.348 e. The Morgan fingerprint density at radius 3 is 2.67 bits per heavy atom. The molecule has 1 fully saturated rings. The van der Waals surface area contributed by atoms with E-state index in [-0.39, 0.29) is 0 Å². The van der Waals surface area contributed by atoms with Crippen molar-refractivity contribution in [3.63, 3.8) is 0 Å². The highest BCUT2D eigenvalue weighted by molar-refractivity contribution is 9.09. The quantitative estimate of drug-likeness (QED) is 0.767. The number of aliphatic imine (C=N–C) groups is 1. The van der Waals surface area contributed by atoms with Gasteiger partial charge in [-0.3, -0.25) is 4.99 Å². The summed E-state index contributed by atoms with van der Waals surface area (Å²) in [6.45, 7) is 5.16. The maximum atomic E-state index is 4.64. The van der Waals surface area contributed by atoms with Crippen LogP contribution in [0.5, 0.6) is 0 Å². The molecule has 3 rings (SSSR count). The van der Waals surface area contributed by atoms with Crippen LogP contribution in [0.4, 0.5) is 5.13 Å². The average molecular weight is 347 g/mol. The first-order valence-electron chi connectivity index (χ1n) is 6.03. The number of thiazole rings is 1. The van der Waals surface area contributed by atoms with Crippen molar-refractivity contribution >= 4 is 49.3 Å². The molecule has 18 heavy (non-hydrogen) atoms. The van der Waals surface area contributed by atoms with Gasteiger partial charge in [0.2, 0.25) is 0 Å². The van der Waals surface area contributed by atoms with Gasteiger partial charge in [0.15, 0.2) is 10.3 Å². The highest BCUT2D eigenvalue weighted by Crippen LogP contribution is 2.26. The maximum absolute atomic E-state index is 4.64. The minimum atomic E-state index is 0.622. The number of thioether (sulfide) groups is 1. The second kappa shape index (κ2) is 5.79. The van der Waals surface area contributed by atoms with Crippen molar-refractivity contribution in [3.8, 4) is 0 Å². The molecule has 2 aliphatic heterocycles. The third-order valence-electron chi connectivity index (χ3n) is 3.11. The number of piperazine rings is 1. The molecule has 1 aromatic heterocycles. The summed E-state index contributed by atoms with van der Waals surface area (Å²) in [4.78, 5) is 13.8. The van der Waals surface area contributed by atoms with Crippen molar-refractivity contribution < 1.29 is 0 Å². The monoisotopic (exact) mass is 346 g/mol. The maximum Gasteiger partial charge on any atom is 0.185 e. The van der Waals surface area contributed by atoms with Crippen molar-refractivity contribution in [1.82, 2.24) is 9.88 Å². The van der Waals surface area contributed by atoms with Gasteiger partial charge in [-0.15, -0.1) is 11.3 Å². The second-order valence-corrected chi connectivity index (χ2v) is 7.09. The molecule has 0 radical (unpaired) electrons. The van der Waals surface area contributed by atoms with Crippen LogP contribution in [0.15, 0.2) is 16.6 Å². The van der Waals surface area contributed by atoms with E-state index < -0.39 is 0 Å². The van der Waals surface area contributed by atoms with Gasteiger partial charge in [-0.1, -0.05) is 27.7 Å². The molecule has 98 valence electrons. The zero-order valence-electron chi connectivity index (χ0n) is 9.96. The molecule has 0 spiro atoms. The molecule has 7 heteroatoms. The molecule has 1 aromatic rings. The number of rotatable bonds is 2. The van der Waals surface area contributed by atoms with Crippen LogP contribution < -0.4 is 4.90 Å². The SMILES string of the molecule is BrCC1CN=C(N2CCN(c3nccs3)CC2)S1. The van der Waals surface area contributed by atoms with Gasteiger partial charge in [-0.05, 0) is 0 Å². The molecule has 0 aromatic carbocycles. The largest absolute Gasteiger partial charge is 0.348 e. The Bertz CT molecular complexity index is 415. The lowest BCUT2D eigenvalue weighted by Gasteiger charge is -2.35. The Kier molecular flexibility index (Phi) is 4.10. The van der Waals surface area contributed by atoms with Gasteiger partial charge in [-0.2, -0.15) is 0 Å². The molecule has 3 heterocycles. The molecule has 2 aliphatic rings. The lowest BCUT2D eigenvalue weighted by Crippen LogP contribution is -2.47. The van der Waals surface area contributed by atoms with Gasteiger partial charge in [-0.25, -0.2) is 4.98 Å². The number of hydrogen-bond acceptors (Lipinski definition) is 6. The van der Waals surface area contributed by atoms with Crippen molar-refractivity contribution in [2.75, 3.05) is 43.0 Å². The second-order valence-electron chi connectivity index (χ2n) is 4.31. The van der Waals surface area contributed by atoms with Crippen LogP contribution in [0.2, 0.25) is 0 Å². The predicted molar refractivity (Wildman–Crippen MR) is 83.4 cm³/mol. The van der Waals surface area contributed by atoms with E-state index >= 15 is 0 Å². The Hall–Kier alpha value is -0.270. The van der Waals surface area contributed by atoms with Crippen LogP contribution in [0.1, 0.15) is 0 Å². The van der Waals surface area contributed by atoms with Gasteiger partial charge < -0.3 is 9.80 Å². The zero-order chi connectivity index (χ0) is 12.4. The lowest BCUT2D eigenvalue weighted by atomic mass is 10.3. The number of nitrogens with zero attached hydrogens (tertiary/aromatic N) is 4. The van der Waals surface area contributed by atoms with Crippen LogP contribution in [0.3, 0.4) is 0 Å². The van der Waals surface area contributed by atoms with E-state index in [1.165, 1.54) is 5.17 Å². The van der Waals surface area contributed by atoms with Crippen LogP contribution in [0.25, 0.3) is 0 Å². The molecule has 0 N–H and O–H groups in total. The van der Waals surface area contributed by atoms with Crippen molar-refractivity contribution in [3.05, 3.63) is 11.6 Å². The van der Waals surface area contributed by atoms with E-state index in [9.17, 15) is 0 Å². The molecule has 0 aliphatic carbocycles. The fourth-order valence-corrected chi connectivity index (χ4v) is 4.41. The normalized spacial score (nSPS) is 24.5. The van der Waals surface area contributed by atoms with E-state index in [4.69, 9.17) is 0 Å². The molecular weight excluding hydrogens is 332 g/mol. The third kappa shape index (κ3) is 2.67. The fourth-order valence-electron chi connectivity index (χ4n) is 2.12. The van der Waals surface area contributed by atoms with Gasteiger partial charge in [0.1, 0.15) is 0 Å². The summed E-state index contributed by atoms with van der Waals surface area (Å²) in [7, 11) is 0. The van der Waals surface area contributed by atoms with Gasteiger partial charge in [0, 0.05) is 48.3 Å². The summed E-state index contributed by atoms with van der Waals surface area (Å²) >= 11 is 7.17. The van der Waals surface area contributed by atoms with Crippen LogP contribution in [0, 0.1) is 0 Å². The number of aromatic nitrogens is 1. The highest BCUT2D eigenvalue weighted by Gasteiger charge is 2.26. The summed E-state index contributed by atoms with van der Waals surface area (Å²) in [6.07, 6.45) is 1.88. The van der Waals surface area contributed by atoms with Crippen LogP contribution >= 0.6 is 39.0 Å². The first kappa shape index (κ1) is 12.7. The van der Waals surface area contributed by atoms with Crippen LogP contribution in [-0.4, -0.2) is 58.4 Å². The van der Waals surface area contributed by atoms with E-state index in [2.05, 4.69) is 35.7 Å². The average Bonchev–Trinajstić information content (AvgIpc) is 3.10. The van der Waals surface area contributed by atoms with Gasteiger partial charge >= 0.3 is 0 Å². The van der Waals surface area contributed by atoms with E-state index in [1.54, 1.807) is 11.3 Å². The number of halogens is 1. The molecule has 0 bridgehead atoms. The van der Waals surface area contributed by atoms with E-state index in [1.807, 2.05) is 23.3 Å². The van der Waals surface area contributed by atoms with Gasteiger partial charge in [0.25, 0.3) is 0 Å². The number of anilines is 1. The minimum absolute atomic E-state index is 0.622. The smallest absolute Gasteiger partial charge is 0.185 e. The number of amidine groups is 1. The highest BCUT2D eigenvalue weighted by atomic mass is 79.9. The Morgan fingerprint density at radius 1 is 1.28 bits per heavy atom. The zero-order valence-corrected chi connectivity index (χ0v) is 13.2. The number of hydrogen-bond donors (Lipinski definition) is 0. The Balaban J connectivity index is 1.54. The first-order valence-corrected chi connectivity index (χ1v) is 8.91. The van der Waals surface area contributed by atoms with Gasteiger partial charge in [0.05, 0.1) is 6.54 Å². The summed E-state index contributed by atoms with van der Waals surface area (Å²) in [5, 5.41) is 6.08. The Morgan fingerprint density at radius 2 is 2.06 bits per heavy atom. The molecule has 1 saturated heterocycles. The van der Waals surface area contributed by atoms with Crippen molar-refractivity contribution in [1.29, 1.82) is 0 Å². The summed E-state index contributed by atoms with van der Waals surface area (Å²) in [5.74, 6) is 0. The topological polar surface area (TPSA) is 31.7 Å². The molecule has 1 unspecified atom stereocenters. The standard InChI is InChI=1S/C11H15BrN4S2/c12-7-9-8-14-11(18-9)16-4-2-15(3-5-16)10-13-1-6-17-10/h1,6,9H,2-5,7-8H2. The molecular formula is C11H15BrN4S2.